The van der Waals surface area contributed by atoms with Crippen molar-refractivity contribution in [1.29, 1.82) is 0 Å². The van der Waals surface area contributed by atoms with Gasteiger partial charge < -0.3 is 24.3 Å². The molecule has 7 aliphatic rings. The number of ether oxygens (including phenoxy) is 2. The van der Waals surface area contributed by atoms with Crippen LogP contribution in [0.2, 0.25) is 0 Å². The average Bonchev–Trinajstić information content (AvgIpc) is 3.43. The molecule has 1 aromatic carbocycles. The van der Waals surface area contributed by atoms with Crippen molar-refractivity contribution < 1.29 is 23.5 Å². The van der Waals surface area contributed by atoms with Crippen LogP contribution in [0.4, 0.5) is 4.39 Å². The van der Waals surface area contributed by atoms with Gasteiger partial charge in [-0.15, -0.1) is 0 Å². The third-order valence-corrected chi connectivity index (χ3v) is 12.3. The standard InChI is InChI=1S/C35H43FN4O4/c36-26-17-24-31-34(32(26)39-10-9-23-22-7-3-4-8-27(22)37-28(23)19-39)44-30-16-21-6-2-1-5-20(21)15-29(30)40(31)18-25(33(24)41)35(42)38-11-13-43-14-12-38/h3-4,7-8,18,20-21,24,26,29-32,34,37H,1-2,5-6,9-17,19H2. The Labute approximate surface area is 257 Å². The van der Waals surface area contributed by atoms with Gasteiger partial charge in [-0.05, 0) is 49.1 Å². The number of carbonyl (C=O) groups is 2. The number of nitrogens with one attached hydrogen (secondary N) is 1. The van der Waals surface area contributed by atoms with Crippen molar-refractivity contribution in [2.75, 3.05) is 32.8 Å². The lowest BCUT2D eigenvalue weighted by Crippen LogP contribution is -2.73. The molecule has 0 bridgehead atoms. The molecule has 3 saturated carbocycles. The summed E-state index contributed by atoms with van der Waals surface area (Å²) in [5, 5.41) is 1.26. The number of rotatable bonds is 2. The number of aromatic amines is 1. The molecule has 5 fully saturated rings. The third kappa shape index (κ3) is 4.25. The lowest BCUT2D eigenvalue weighted by molar-refractivity contribution is -0.222. The summed E-state index contributed by atoms with van der Waals surface area (Å²) < 4.78 is 29.3. The lowest BCUT2D eigenvalue weighted by atomic mass is 9.64. The number of amides is 1. The first kappa shape index (κ1) is 27.6. The fraction of sp³-hybridized carbons (Fsp3) is 0.657. The number of hydrogen-bond acceptors (Lipinski definition) is 6. The van der Waals surface area contributed by atoms with Gasteiger partial charge in [0.15, 0.2) is 5.78 Å². The predicted molar refractivity (Wildman–Crippen MR) is 162 cm³/mol. The van der Waals surface area contributed by atoms with Gasteiger partial charge in [0, 0.05) is 54.9 Å². The van der Waals surface area contributed by atoms with E-state index in [4.69, 9.17) is 9.47 Å². The summed E-state index contributed by atoms with van der Waals surface area (Å²) in [5.74, 6) is 0.314. The molecule has 0 spiro atoms. The van der Waals surface area contributed by atoms with Crippen LogP contribution in [-0.2, 0) is 32.0 Å². The highest BCUT2D eigenvalue weighted by atomic mass is 19.1. The van der Waals surface area contributed by atoms with Crippen LogP contribution in [0.3, 0.4) is 0 Å². The summed E-state index contributed by atoms with van der Waals surface area (Å²) >= 11 is 0. The molecule has 2 saturated heterocycles. The lowest BCUT2D eigenvalue weighted by Gasteiger charge is -2.62. The summed E-state index contributed by atoms with van der Waals surface area (Å²) in [6.45, 7) is 3.34. The summed E-state index contributed by atoms with van der Waals surface area (Å²) in [7, 11) is 0. The zero-order valence-electron chi connectivity index (χ0n) is 25.3. The van der Waals surface area contributed by atoms with Crippen molar-refractivity contribution in [3.8, 4) is 0 Å². The van der Waals surface area contributed by atoms with Crippen LogP contribution in [-0.4, -0.2) is 101 Å². The number of ketones is 1. The van der Waals surface area contributed by atoms with Gasteiger partial charge in [-0.3, -0.25) is 14.5 Å². The van der Waals surface area contributed by atoms with E-state index in [1.165, 1.54) is 36.6 Å². The first-order valence-corrected chi connectivity index (χ1v) is 17.1. The van der Waals surface area contributed by atoms with Crippen LogP contribution in [0.15, 0.2) is 36.0 Å². The summed E-state index contributed by atoms with van der Waals surface area (Å²) in [4.78, 5) is 37.9. The van der Waals surface area contributed by atoms with Crippen LogP contribution in [0.1, 0.15) is 56.2 Å². The molecule has 9 atom stereocenters. The average molecular weight is 603 g/mol. The molecule has 8 nitrogen and oxygen atoms in total. The van der Waals surface area contributed by atoms with Crippen molar-refractivity contribution in [3.63, 3.8) is 0 Å². The summed E-state index contributed by atoms with van der Waals surface area (Å²) in [5.41, 5.74) is 3.88. The number of para-hydroxylation sites is 1. The number of nitrogens with zero attached hydrogens (tertiary/aromatic N) is 3. The van der Waals surface area contributed by atoms with E-state index in [1.807, 2.05) is 6.20 Å². The quantitative estimate of drug-likeness (QED) is 0.524. The molecule has 0 radical (unpaired) electrons. The number of H-pyrrole nitrogens is 1. The van der Waals surface area contributed by atoms with Crippen molar-refractivity contribution in [3.05, 3.63) is 47.3 Å². The maximum atomic E-state index is 16.7. The van der Waals surface area contributed by atoms with Crippen molar-refractivity contribution >= 4 is 22.6 Å². The van der Waals surface area contributed by atoms with E-state index in [2.05, 4.69) is 39.0 Å². The van der Waals surface area contributed by atoms with E-state index >= 15 is 4.39 Å². The van der Waals surface area contributed by atoms with Gasteiger partial charge in [0.25, 0.3) is 5.91 Å². The van der Waals surface area contributed by atoms with Gasteiger partial charge >= 0.3 is 0 Å². The Hall–Kier alpha value is -2.75. The largest absolute Gasteiger partial charge is 0.378 e. The number of benzene rings is 1. The number of hydrogen-bond donors (Lipinski definition) is 1. The molecular formula is C35H43FN4O4. The van der Waals surface area contributed by atoms with Crippen LogP contribution in [0.25, 0.3) is 10.9 Å². The summed E-state index contributed by atoms with van der Waals surface area (Å²) in [6, 6.07) is 7.86. The topological polar surface area (TPSA) is 78.1 Å². The molecule has 9 heteroatoms. The monoisotopic (exact) mass is 602 g/mol. The Kier molecular flexibility index (Phi) is 6.68. The first-order chi connectivity index (χ1) is 21.5. The second-order valence-electron chi connectivity index (χ2n) is 14.4. The highest BCUT2D eigenvalue weighted by Gasteiger charge is 2.61. The molecule has 234 valence electrons. The maximum absolute atomic E-state index is 16.7. The number of alkyl halides is 1. The van der Waals surface area contributed by atoms with Gasteiger partial charge in [-0.2, -0.15) is 0 Å². The number of morpholine rings is 2. The van der Waals surface area contributed by atoms with E-state index in [-0.39, 0.29) is 41.9 Å². The molecule has 1 N–H and O–H groups in total. The van der Waals surface area contributed by atoms with Crippen LogP contribution in [0.5, 0.6) is 0 Å². The smallest absolute Gasteiger partial charge is 0.259 e. The van der Waals surface area contributed by atoms with Gasteiger partial charge in [0.2, 0.25) is 0 Å². The highest BCUT2D eigenvalue weighted by Crippen LogP contribution is 2.51. The molecule has 9 unspecified atom stereocenters. The fourth-order valence-corrected chi connectivity index (χ4v) is 10.3. The van der Waals surface area contributed by atoms with Crippen molar-refractivity contribution in [2.45, 2.75) is 94.4 Å². The molecule has 1 amide bonds. The second kappa shape index (κ2) is 10.7. The van der Waals surface area contributed by atoms with E-state index in [9.17, 15) is 9.59 Å². The molecule has 4 aliphatic heterocycles. The number of fused-ring (bicyclic) bond motifs is 6. The Bertz CT molecular complexity index is 1500. The number of Topliss-reactive ketones (excluding diaryl/α,β-unsaturated/α-hetero) is 1. The van der Waals surface area contributed by atoms with Crippen molar-refractivity contribution in [1.82, 2.24) is 19.7 Å². The Morgan fingerprint density at radius 1 is 0.977 bits per heavy atom. The van der Waals surface area contributed by atoms with E-state index in [1.54, 1.807) is 4.90 Å². The maximum Gasteiger partial charge on any atom is 0.259 e. The predicted octanol–water partition coefficient (Wildman–Crippen LogP) is 3.98. The molecule has 2 aromatic rings. The molecule has 3 aliphatic carbocycles. The van der Waals surface area contributed by atoms with E-state index < -0.39 is 24.2 Å². The molecule has 1 aromatic heterocycles. The first-order valence-electron chi connectivity index (χ1n) is 17.1. The Morgan fingerprint density at radius 2 is 1.77 bits per heavy atom. The van der Waals surface area contributed by atoms with Gasteiger partial charge in [-0.25, -0.2) is 4.39 Å². The highest BCUT2D eigenvalue weighted by molar-refractivity contribution is 6.20. The minimum absolute atomic E-state index is 0.0123. The molecule has 5 heterocycles. The summed E-state index contributed by atoms with van der Waals surface area (Å²) in [6.07, 6.45) is 8.32. The zero-order chi connectivity index (χ0) is 29.5. The van der Waals surface area contributed by atoms with Crippen LogP contribution >= 0.6 is 0 Å². The van der Waals surface area contributed by atoms with Crippen LogP contribution < -0.4 is 0 Å². The van der Waals surface area contributed by atoms with Gasteiger partial charge in [-0.1, -0.05) is 43.9 Å². The number of carbonyl (C=O) groups excluding carboxylic acids is 2. The molecular weight excluding hydrogens is 559 g/mol. The Balaban J connectivity index is 1.08. The normalized spacial score (nSPS) is 38.8. The van der Waals surface area contributed by atoms with Crippen LogP contribution in [0, 0.1) is 17.8 Å². The second-order valence-corrected chi connectivity index (χ2v) is 14.4. The SMILES string of the molecule is O=C1C(C(=O)N2CCOCC2)=CN2C3CC4CCCCC4CC3OC3C(N4CCc5c([nH]c6ccccc56)C4)C(F)CC1C32. The van der Waals surface area contributed by atoms with Gasteiger partial charge in [0.1, 0.15) is 6.17 Å². The number of halogens is 1. The minimum atomic E-state index is -1.21. The number of aromatic nitrogens is 1. The zero-order valence-corrected chi connectivity index (χ0v) is 25.3. The Morgan fingerprint density at radius 3 is 2.61 bits per heavy atom. The van der Waals surface area contributed by atoms with Gasteiger partial charge in [0.05, 0.1) is 49.1 Å². The van der Waals surface area contributed by atoms with Crippen molar-refractivity contribution in [2.24, 2.45) is 17.8 Å². The third-order valence-electron chi connectivity index (χ3n) is 12.3. The fourth-order valence-electron chi connectivity index (χ4n) is 10.3. The molecule has 9 rings (SSSR count). The molecule has 44 heavy (non-hydrogen) atoms. The minimum Gasteiger partial charge on any atom is -0.378 e. The van der Waals surface area contributed by atoms with E-state index in [0.717, 1.165) is 37.0 Å². The van der Waals surface area contributed by atoms with E-state index in [0.29, 0.717) is 44.7 Å².